The topological polar surface area (TPSA) is 98.5 Å². The van der Waals surface area contributed by atoms with Gasteiger partial charge in [0.15, 0.2) is 11.0 Å². The van der Waals surface area contributed by atoms with Crippen molar-refractivity contribution in [3.63, 3.8) is 0 Å². The summed E-state index contributed by atoms with van der Waals surface area (Å²) in [6.07, 6.45) is -0.630. The Balaban J connectivity index is 1.75. The number of epoxide rings is 1. The smallest absolute Gasteiger partial charge is 0.341 e. The van der Waals surface area contributed by atoms with E-state index in [1.807, 2.05) is 0 Å². The first-order valence-electron chi connectivity index (χ1n) is 8.90. The van der Waals surface area contributed by atoms with Gasteiger partial charge in [0.25, 0.3) is 0 Å². The predicted octanol–water partition coefficient (Wildman–Crippen LogP) is 2.61. The third-order valence-corrected chi connectivity index (χ3v) is 5.51. The minimum Gasteiger partial charge on any atom is -0.507 e. The lowest BCUT2D eigenvalue weighted by Crippen LogP contribution is -2.50. The molecule has 2 aliphatic heterocycles. The van der Waals surface area contributed by atoms with Crippen molar-refractivity contribution >= 4 is 16.9 Å². The van der Waals surface area contributed by atoms with Gasteiger partial charge in [-0.25, -0.2) is 4.79 Å². The molecule has 2 aromatic rings. The number of carbonyl (C=O) groups is 1. The number of hydrogen-bond donors (Lipinski definition) is 1. The quantitative estimate of drug-likeness (QED) is 0.637. The minimum atomic E-state index is -0.944. The first kappa shape index (κ1) is 17.9. The number of phenols is 1. The van der Waals surface area contributed by atoms with E-state index in [1.165, 1.54) is 6.07 Å². The average Bonchev–Trinajstić information content (AvgIpc) is 3.16. The molecule has 7 heteroatoms. The molecule has 3 heterocycles. The number of benzene rings is 1. The highest BCUT2D eigenvalue weighted by Crippen LogP contribution is 2.44. The minimum absolute atomic E-state index is 0.0962. The molecule has 1 N–H and O–H groups in total. The van der Waals surface area contributed by atoms with E-state index < -0.39 is 23.3 Å². The van der Waals surface area contributed by atoms with Crippen LogP contribution in [0.5, 0.6) is 11.5 Å². The van der Waals surface area contributed by atoms with Gasteiger partial charge < -0.3 is 23.7 Å². The Morgan fingerprint density at radius 1 is 1.30 bits per heavy atom. The Kier molecular flexibility index (Phi) is 3.63. The first-order chi connectivity index (χ1) is 12.5. The molecule has 0 radical (unpaired) electrons. The van der Waals surface area contributed by atoms with Crippen LogP contribution in [-0.2, 0) is 20.7 Å². The third-order valence-electron chi connectivity index (χ3n) is 5.51. The van der Waals surface area contributed by atoms with Gasteiger partial charge in [-0.1, -0.05) is 0 Å². The van der Waals surface area contributed by atoms with Crippen molar-refractivity contribution in [3.05, 3.63) is 33.7 Å². The number of aryl methyl sites for hydroxylation is 1. The van der Waals surface area contributed by atoms with Crippen molar-refractivity contribution in [2.75, 3.05) is 0 Å². The monoisotopic (exact) mass is 374 g/mol. The van der Waals surface area contributed by atoms with E-state index in [4.69, 9.17) is 18.6 Å². The molecule has 0 bridgehead atoms. The van der Waals surface area contributed by atoms with Crippen LogP contribution >= 0.6 is 0 Å². The lowest BCUT2D eigenvalue weighted by atomic mass is 9.89. The van der Waals surface area contributed by atoms with Crippen LogP contribution < -0.4 is 10.2 Å². The average molecular weight is 374 g/mol. The fourth-order valence-electron chi connectivity index (χ4n) is 3.49. The van der Waals surface area contributed by atoms with E-state index in [1.54, 1.807) is 40.7 Å². The zero-order valence-electron chi connectivity index (χ0n) is 15.9. The van der Waals surface area contributed by atoms with Crippen molar-refractivity contribution < 1.29 is 28.5 Å². The molecule has 27 heavy (non-hydrogen) atoms. The van der Waals surface area contributed by atoms with Crippen molar-refractivity contribution in [2.24, 2.45) is 0 Å². The molecule has 1 aromatic heterocycles. The van der Waals surface area contributed by atoms with E-state index in [0.717, 1.165) is 0 Å². The van der Waals surface area contributed by atoms with Crippen LogP contribution in [-0.4, -0.2) is 34.5 Å². The zero-order valence-corrected chi connectivity index (χ0v) is 15.9. The molecule has 1 saturated heterocycles. The number of fused-ring (bicyclic) bond motifs is 2. The van der Waals surface area contributed by atoms with Gasteiger partial charge in [0.2, 0.25) is 0 Å². The van der Waals surface area contributed by atoms with Gasteiger partial charge in [0, 0.05) is 24.1 Å². The first-order valence-corrected chi connectivity index (χ1v) is 8.90. The summed E-state index contributed by atoms with van der Waals surface area (Å²) in [5, 5.41) is 10.8. The van der Waals surface area contributed by atoms with E-state index in [2.05, 4.69) is 0 Å². The number of esters is 1. The van der Waals surface area contributed by atoms with E-state index >= 15 is 0 Å². The summed E-state index contributed by atoms with van der Waals surface area (Å²) >= 11 is 0. The van der Waals surface area contributed by atoms with Crippen molar-refractivity contribution in [1.82, 2.24) is 0 Å². The van der Waals surface area contributed by atoms with E-state index in [0.29, 0.717) is 17.1 Å². The Bertz CT molecular complexity index is 1020. The molecule has 0 saturated carbocycles. The molecular formula is C20H22O7. The van der Waals surface area contributed by atoms with Gasteiger partial charge >= 0.3 is 5.97 Å². The van der Waals surface area contributed by atoms with Crippen LogP contribution in [0.1, 0.15) is 39.0 Å². The number of carbonyl (C=O) groups excluding carboxylic acids is 1. The standard InChI is InChI=1S/C20H22O7/c1-9-6-12(21)16-14(24-9)8-13-11(17(16)22)7-15(19(3,4)27-13)25-18(23)20(5)10(2)26-20/h6,8,10,15,22H,7H2,1-5H3/t10?,15-,20?/m0/s1. The Labute approximate surface area is 155 Å². The summed E-state index contributed by atoms with van der Waals surface area (Å²) in [5.41, 5.74) is -1.43. The predicted molar refractivity (Wildman–Crippen MR) is 96.1 cm³/mol. The molecule has 144 valence electrons. The van der Waals surface area contributed by atoms with Gasteiger partial charge in [0.1, 0.15) is 39.9 Å². The molecule has 1 fully saturated rings. The Morgan fingerprint density at radius 3 is 2.59 bits per heavy atom. The highest BCUT2D eigenvalue weighted by molar-refractivity contribution is 5.87. The van der Waals surface area contributed by atoms with Gasteiger partial charge in [0.05, 0.1) is 6.10 Å². The second kappa shape index (κ2) is 5.48. The summed E-state index contributed by atoms with van der Waals surface area (Å²) in [7, 11) is 0. The molecule has 0 spiro atoms. The summed E-state index contributed by atoms with van der Waals surface area (Å²) in [6, 6.07) is 2.93. The Morgan fingerprint density at radius 2 is 1.96 bits per heavy atom. The SMILES string of the molecule is Cc1cc(=O)c2c(O)c3c(cc2o1)OC(C)(C)[C@@H](OC(=O)C1(C)OC1C)C3. The summed E-state index contributed by atoms with van der Waals surface area (Å²) < 4.78 is 22.6. The normalized spacial score (nSPS) is 28.3. The lowest BCUT2D eigenvalue weighted by molar-refractivity contribution is -0.166. The third kappa shape index (κ3) is 2.68. The second-order valence-corrected chi connectivity index (χ2v) is 7.97. The number of aromatic hydroxyl groups is 1. The van der Waals surface area contributed by atoms with Crippen molar-refractivity contribution in [3.8, 4) is 11.5 Å². The number of hydrogen-bond acceptors (Lipinski definition) is 7. The second-order valence-electron chi connectivity index (χ2n) is 7.97. The van der Waals surface area contributed by atoms with Gasteiger partial charge in [-0.2, -0.15) is 0 Å². The van der Waals surface area contributed by atoms with Crippen LogP contribution in [0.25, 0.3) is 11.0 Å². The number of phenolic OH excluding ortho intramolecular Hbond substituents is 1. The fraction of sp³-hybridized carbons (Fsp3) is 0.500. The zero-order chi connectivity index (χ0) is 19.7. The van der Waals surface area contributed by atoms with Gasteiger partial charge in [-0.05, 0) is 34.6 Å². The van der Waals surface area contributed by atoms with Crippen molar-refractivity contribution in [1.29, 1.82) is 0 Å². The molecule has 2 unspecified atom stereocenters. The van der Waals surface area contributed by atoms with Crippen LogP contribution in [0.4, 0.5) is 0 Å². The van der Waals surface area contributed by atoms with Crippen LogP contribution in [0.3, 0.4) is 0 Å². The van der Waals surface area contributed by atoms with Crippen LogP contribution in [0.2, 0.25) is 0 Å². The summed E-state index contributed by atoms with van der Waals surface area (Å²) in [4.78, 5) is 24.8. The molecule has 3 atom stereocenters. The van der Waals surface area contributed by atoms with Gasteiger partial charge in [-0.15, -0.1) is 0 Å². The summed E-state index contributed by atoms with van der Waals surface area (Å²) in [5.74, 6) is 0.194. The highest BCUT2D eigenvalue weighted by atomic mass is 16.7. The molecule has 0 aliphatic carbocycles. The highest BCUT2D eigenvalue weighted by Gasteiger charge is 2.58. The van der Waals surface area contributed by atoms with E-state index in [9.17, 15) is 14.7 Å². The maximum Gasteiger partial charge on any atom is 0.341 e. The fourth-order valence-corrected chi connectivity index (χ4v) is 3.49. The maximum atomic E-state index is 12.5. The lowest BCUT2D eigenvalue weighted by Gasteiger charge is -2.39. The molecule has 2 aliphatic rings. The molecule has 1 aromatic carbocycles. The maximum absolute atomic E-state index is 12.5. The van der Waals surface area contributed by atoms with E-state index in [-0.39, 0.29) is 34.7 Å². The van der Waals surface area contributed by atoms with Crippen LogP contribution in [0.15, 0.2) is 21.3 Å². The summed E-state index contributed by atoms with van der Waals surface area (Å²) in [6.45, 7) is 8.77. The molecule has 0 amide bonds. The molecule has 7 nitrogen and oxygen atoms in total. The molecule has 4 rings (SSSR count). The van der Waals surface area contributed by atoms with Gasteiger partial charge in [-0.3, -0.25) is 4.79 Å². The Hall–Kier alpha value is -2.54. The largest absolute Gasteiger partial charge is 0.507 e. The molecular weight excluding hydrogens is 352 g/mol. The van der Waals surface area contributed by atoms with Crippen LogP contribution in [0, 0.1) is 6.92 Å². The number of ether oxygens (including phenoxy) is 3. The van der Waals surface area contributed by atoms with Crippen molar-refractivity contribution in [2.45, 2.75) is 64.4 Å². The number of rotatable bonds is 2.